The van der Waals surface area contributed by atoms with Crippen molar-refractivity contribution in [2.24, 2.45) is 0 Å². The van der Waals surface area contributed by atoms with Crippen LogP contribution in [0.1, 0.15) is 52.1 Å². The number of rotatable bonds is 5. The number of benzene rings is 1. The molecule has 5 rings (SSSR count). The number of anilines is 1. The van der Waals surface area contributed by atoms with E-state index in [-0.39, 0.29) is 17.6 Å². The van der Waals surface area contributed by atoms with Gasteiger partial charge < -0.3 is 25.4 Å². The highest BCUT2D eigenvalue weighted by Crippen LogP contribution is 2.43. The molecule has 2 aromatic rings. The van der Waals surface area contributed by atoms with Gasteiger partial charge in [-0.1, -0.05) is 0 Å². The number of aromatic nitrogens is 1. The highest BCUT2D eigenvalue weighted by molar-refractivity contribution is 6.36. The van der Waals surface area contributed by atoms with Gasteiger partial charge in [-0.15, -0.1) is 0 Å². The molecule has 180 valence electrons. The third-order valence-electron chi connectivity index (χ3n) is 7.23. The molecule has 34 heavy (non-hydrogen) atoms. The fourth-order valence-corrected chi connectivity index (χ4v) is 5.41. The monoisotopic (exact) mass is 465 g/mol. The van der Waals surface area contributed by atoms with Gasteiger partial charge in [0.2, 0.25) is 0 Å². The van der Waals surface area contributed by atoms with Crippen LogP contribution in [0.2, 0.25) is 0 Å². The average Bonchev–Trinajstić information content (AvgIpc) is 3.32. The molecule has 1 fully saturated rings. The Balaban J connectivity index is 1.34. The zero-order valence-electron chi connectivity index (χ0n) is 19.9. The number of nitrogens with zero attached hydrogens (tertiary/aromatic N) is 2. The first-order valence-electron chi connectivity index (χ1n) is 12.2. The fourth-order valence-electron chi connectivity index (χ4n) is 5.41. The van der Waals surface area contributed by atoms with Gasteiger partial charge >= 0.3 is 0 Å². The molecule has 3 heterocycles. The van der Waals surface area contributed by atoms with E-state index in [1.165, 1.54) is 12.1 Å². The Morgan fingerprint density at radius 2 is 1.97 bits per heavy atom. The van der Waals surface area contributed by atoms with E-state index >= 15 is 0 Å². The molecule has 3 N–H and O–H groups in total. The molecular formula is C26H32FN5O2. The minimum atomic E-state index is -0.372. The van der Waals surface area contributed by atoms with E-state index in [9.17, 15) is 14.0 Å². The van der Waals surface area contributed by atoms with Gasteiger partial charge in [-0.3, -0.25) is 9.59 Å². The number of allylic oxidation sites excluding steroid dienone is 1. The predicted octanol–water partition coefficient (Wildman–Crippen LogP) is 3.03. The molecule has 0 saturated carbocycles. The summed E-state index contributed by atoms with van der Waals surface area (Å²) in [6.45, 7) is 7.86. The topological polar surface area (TPSA) is 80.5 Å². The second-order valence-electron chi connectivity index (χ2n) is 9.58. The number of hydrogen-bond acceptors (Lipinski definition) is 4. The second kappa shape index (κ2) is 9.35. The highest BCUT2D eigenvalue weighted by atomic mass is 19.1. The van der Waals surface area contributed by atoms with Crippen molar-refractivity contribution in [3.8, 4) is 0 Å². The number of hydrogen-bond donors (Lipinski definition) is 3. The summed E-state index contributed by atoms with van der Waals surface area (Å²) in [7, 11) is 2.15. The molecule has 0 spiro atoms. The van der Waals surface area contributed by atoms with E-state index in [1.807, 2.05) is 6.92 Å². The number of halogens is 1. The number of piperazine rings is 1. The first-order valence-corrected chi connectivity index (χ1v) is 12.2. The Bertz CT molecular complexity index is 1160. The lowest BCUT2D eigenvalue weighted by Gasteiger charge is -2.32. The van der Waals surface area contributed by atoms with Gasteiger partial charge in [0.15, 0.2) is 0 Å². The maximum absolute atomic E-state index is 14.0. The molecule has 0 unspecified atom stereocenters. The molecule has 1 aromatic carbocycles. The zero-order chi connectivity index (χ0) is 23.8. The van der Waals surface area contributed by atoms with Gasteiger partial charge in [0.05, 0.1) is 11.1 Å². The van der Waals surface area contributed by atoms with E-state index in [1.54, 1.807) is 6.07 Å². The Morgan fingerprint density at radius 1 is 1.18 bits per heavy atom. The third-order valence-corrected chi connectivity index (χ3v) is 7.23. The summed E-state index contributed by atoms with van der Waals surface area (Å²) in [5.74, 6) is -0.656. The number of likely N-dealkylation sites (N-methyl/N-ethyl adjacent to an activating group) is 1. The number of nitrogens with one attached hydrogen (secondary N) is 3. The van der Waals surface area contributed by atoms with Gasteiger partial charge in [-0.2, -0.15) is 0 Å². The molecule has 3 aliphatic rings. The van der Waals surface area contributed by atoms with Crippen molar-refractivity contribution < 1.29 is 14.0 Å². The Hall–Kier alpha value is -2.97. The first-order chi connectivity index (χ1) is 16.4. The molecule has 1 saturated heterocycles. The SMILES string of the molecule is Cc1[nH]c2c(c1C(=O)NCCCN1CCN(C)CC1)CCC/C2=C1/C(=O)Nc2ccc(F)cc21. The Labute approximate surface area is 199 Å². The van der Waals surface area contributed by atoms with Crippen LogP contribution in [-0.2, 0) is 11.2 Å². The maximum Gasteiger partial charge on any atom is 0.256 e. The Morgan fingerprint density at radius 3 is 2.76 bits per heavy atom. The smallest absolute Gasteiger partial charge is 0.256 e. The number of fused-ring (bicyclic) bond motifs is 2. The number of carbonyl (C=O) groups is 2. The number of H-pyrrole nitrogens is 1. The van der Waals surface area contributed by atoms with Crippen LogP contribution in [0.4, 0.5) is 10.1 Å². The number of amides is 2. The molecule has 1 aliphatic carbocycles. The molecule has 7 nitrogen and oxygen atoms in total. The van der Waals surface area contributed by atoms with Gasteiger partial charge in [-0.05, 0) is 75.5 Å². The van der Waals surface area contributed by atoms with Crippen LogP contribution in [0.3, 0.4) is 0 Å². The molecule has 0 bridgehead atoms. The van der Waals surface area contributed by atoms with Gasteiger partial charge in [-0.25, -0.2) is 4.39 Å². The molecular weight excluding hydrogens is 433 g/mol. The molecule has 2 aliphatic heterocycles. The van der Waals surface area contributed by atoms with E-state index in [0.29, 0.717) is 35.4 Å². The van der Waals surface area contributed by atoms with Crippen LogP contribution in [0.5, 0.6) is 0 Å². The minimum absolute atomic E-state index is 0.0676. The van der Waals surface area contributed by atoms with Crippen molar-refractivity contribution in [3.63, 3.8) is 0 Å². The summed E-state index contributed by atoms with van der Waals surface area (Å²) in [5.41, 5.74) is 5.88. The fraction of sp³-hybridized carbons (Fsp3) is 0.462. The summed E-state index contributed by atoms with van der Waals surface area (Å²) in [6, 6.07) is 4.36. The van der Waals surface area contributed by atoms with Crippen LogP contribution < -0.4 is 10.6 Å². The summed E-state index contributed by atoms with van der Waals surface area (Å²) in [5, 5.41) is 5.95. The molecule has 2 amide bonds. The molecule has 8 heteroatoms. The van der Waals surface area contributed by atoms with E-state index in [4.69, 9.17) is 0 Å². The van der Waals surface area contributed by atoms with Crippen LogP contribution in [0, 0.1) is 12.7 Å². The van der Waals surface area contributed by atoms with Gasteiger partial charge in [0, 0.05) is 55.4 Å². The number of carbonyl (C=O) groups excluding carboxylic acids is 2. The van der Waals surface area contributed by atoms with E-state index in [0.717, 1.165) is 74.5 Å². The van der Waals surface area contributed by atoms with Gasteiger partial charge in [0.25, 0.3) is 11.8 Å². The van der Waals surface area contributed by atoms with E-state index in [2.05, 4.69) is 32.5 Å². The predicted molar refractivity (Wildman–Crippen MR) is 131 cm³/mol. The molecule has 0 radical (unpaired) electrons. The third kappa shape index (κ3) is 4.28. The van der Waals surface area contributed by atoms with Crippen LogP contribution in [0.25, 0.3) is 11.1 Å². The standard InChI is InChI=1S/C26H32FN5O2/c1-16-22(25(33)28-9-4-10-32-13-11-31(2)12-14-32)18-5-3-6-19(24(18)29-16)23-20-15-17(27)7-8-21(20)30-26(23)34/h7-8,15,29H,3-6,9-14H2,1-2H3,(H,28,33)(H,30,34)/b23-19-. The zero-order valence-corrected chi connectivity index (χ0v) is 19.9. The van der Waals surface area contributed by atoms with Crippen LogP contribution >= 0.6 is 0 Å². The average molecular weight is 466 g/mol. The van der Waals surface area contributed by atoms with E-state index < -0.39 is 0 Å². The lowest BCUT2D eigenvalue weighted by atomic mass is 9.86. The highest BCUT2D eigenvalue weighted by Gasteiger charge is 2.33. The Kier molecular flexibility index (Phi) is 6.27. The summed E-state index contributed by atoms with van der Waals surface area (Å²) in [4.78, 5) is 34.1. The van der Waals surface area contributed by atoms with Crippen molar-refractivity contribution in [2.75, 3.05) is 51.6 Å². The quantitative estimate of drug-likeness (QED) is 0.469. The maximum atomic E-state index is 14.0. The van der Waals surface area contributed by atoms with Crippen LogP contribution in [0.15, 0.2) is 18.2 Å². The summed E-state index contributed by atoms with van der Waals surface area (Å²) >= 11 is 0. The van der Waals surface area contributed by atoms with Crippen molar-refractivity contribution in [1.29, 1.82) is 0 Å². The normalized spacial score (nSPS) is 20.7. The molecule has 1 aromatic heterocycles. The number of aromatic amines is 1. The number of aryl methyl sites for hydroxylation is 1. The summed E-state index contributed by atoms with van der Waals surface area (Å²) in [6.07, 6.45) is 3.24. The van der Waals surface area contributed by atoms with Crippen molar-refractivity contribution in [2.45, 2.75) is 32.6 Å². The van der Waals surface area contributed by atoms with Gasteiger partial charge in [0.1, 0.15) is 5.82 Å². The van der Waals surface area contributed by atoms with Crippen molar-refractivity contribution >= 4 is 28.6 Å². The largest absolute Gasteiger partial charge is 0.358 e. The van der Waals surface area contributed by atoms with Crippen molar-refractivity contribution in [1.82, 2.24) is 20.1 Å². The lowest BCUT2D eigenvalue weighted by molar-refractivity contribution is -0.110. The minimum Gasteiger partial charge on any atom is -0.358 e. The summed E-state index contributed by atoms with van der Waals surface area (Å²) < 4.78 is 14.0. The lowest BCUT2D eigenvalue weighted by Crippen LogP contribution is -2.45. The molecule has 0 atom stereocenters. The van der Waals surface area contributed by atoms with Crippen LogP contribution in [-0.4, -0.2) is 72.9 Å². The first kappa shape index (κ1) is 22.8. The van der Waals surface area contributed by atoms with Crippen molar-refractivity contribution in [3.05, 3.63) is 52.1 Å². The second-order valence-corrected chi connectivity index (χ2v) is 9.58.